The van der Waals surface area contributed by atoms with Crippen molar-refractivity contribution in [3.63, 3.8) is 0 Å². The molecule has 2 aromatic rings. The first kappa shape index (κ1) is 22.8. The summed E-state index contributed by atoms with van der Waals surface area (Å²) in [6, 6.07) is 9.61. The van der Waals surface area contributed by atoms with E-state index in [0.717, 1.165) is 20.5 Å². The van der Waals surface area contributed by atoms with Gasteiger partial charge in [-0.1, -0.05) is 24.6 Å². The molecule has 0 aliphatic carbocycles. The van der Waals surface area contributed by atoms with Crippen molar-refractivity contribution < 1.29 is 23.9 Å². The first-order valence-corrected chi connectivity index (χ1v) is 10.8. The number of ether oxygens (including phenoxy) is 2. The lowest BCUT2D eigenvalue weighted by molar-refractivity contribution is -0.122. The van der Waals surface area contributed by atoms with Gasteiger partial charge in [0.1, 0.15) is 5.57 Å². The molecule has 0 spiro atoms. The Morgan fingerprint density at radius 2 is 1.84 bits per heavy atom. The average Bonchev–Trinajstić information content (AvgIpc) is 2.73. The van der Waals surface area contributed by atoms with Gasteiger partial charge in [-0.25, -0.2) is 9.69 Å². The third kappa shape index (κ3) is 4.90. The molecule has 162 valence electrons. The fourth-order valence-corrected chi connectivity index (χ4v) is 3.73. The van der Waals surface area contributed by atoms with E-state index in [1.165, 1.54) is 13.2 Å². The van der Waals surface area contributed by atoms with Gasteiger partial charge in [-0.15, -0.1) is 0 Å². The predicted molar refractivity (Wildman–Crippen MR) is 126 cm³/mol. The molecule has 0 unspecified atom stereocenters. The Balaban J connectivity index is 2.00. The monoisotopic (exact) mass is 534 g/mol. The summed E-state index contributed by atoms with van der Waals surface area (Å²) in [6.07, 6.45) is 2.29. The van der Waals surface area contributed by atoms with Crippen molar-refractivity contribution in [1.29, 1.82) is 0 Å². The van der Waals surface area contributed by atoms with Crippen molar-refractivity contribution in [2.75, 3.05) is 12.0 Å². The quantitative estimate of drug-likeness (QED) is 0.337. The maximum Gasteiger partial charge on any atom is 0.335 e. The van der Waals surface area contributed by atoms with Crippen molar-refractivity contribution in [1.82, 2.24) is 5.32 Å². The van der Waals surface area contributed by atoms with E-state index in [4.69, 9.17) is 9.47 Å². The Bertz CT molecular complexity index is 1060. The van der Waals surface area contributed by atoms with Crippen molar-refractivity contribution >= 4 is 52.2 Å². The largest absolute Gasteiger partial charge is 0.493 e. The standard InChI is InChI=1S/C23H23IN2O5/c1-5-14(3)31-20-18(24)11-15(12-19(20)30-4)10-17-21(27)25-23(29)26(22(17)28)16-8-6-13(2)7-9-16/h6-12,14H,5H2,1-4H3,(H,25,27,29)/b17-10+/t14-/m0/s1. The Labute approximate surface area is 194 Å². The Hall–Kier alpha value is -2.88. The summed E-state index contributed by atoms with van der Waals surface area (Å²) in [6.45, 7) is 5.89. The predicted octanol–water partition coefficient (Wildman–Crippen LogP) is 4.45. The van der Waals surface area contributed by atoms with Crippen LogP contribution in [0.5, 0.6) is 11.5 Å². The molecule has 31 heavy (non-hydrogen) atoms. The number of anilines is 1. The molecular formula is C23H23IN2O5. The van der Waals surface area contributed by atoms with Gasteiger partial charge in [0, 0.05) is 0 Å². The summed E-state index contributed by atoms with van der Waals surface area (Å²) in [5.74, 6) is -0.330. The fourth-order valence-electron chi connectivity index (χ4n) is 2.97. The van der Waals surface area contributed by atoms with Crippen molar-refractivity contribution in [2.45, 2.75) is 33.3 Å². The molecule has 0 aromatic heterocycles. The summed E-state index contributed by atoms with van der Waals surface area (Å²) in [7, 11) is 1.53. The number of benzene rings is 2. The number of imide groups is 2. The van der Waals surface area contributed by atoms with E-state index < -0.39 is 17.8 Å². The lowest BCUT2D eigenvalue weighted by atomic mass is 10.1. The molecule has 1 fully saturated rings. The summed E-state index contributed by atoms with van der Waals surface area (Å²) in [5, 5.41) is 2.23. The highest BCUT2D eigenvalue weighted by Gasteiger charge is 2.36. The average molecular weight is 534 g/mol. The van der Waals surface area contributed by atoms with Gasteiger partial charge < -0.3 is 9.47 Å². The highest BCUT2D eigenvalue weighted by atomic mass is 127. The normalized spacial score (nSPS) is 16.4. The molecule has 1 saturated heterocycles. The number of amides is 4. The number of methoxy groups -OCH3 is 1. The van der Waals surface area contributed by atoms with Gasteiger partial charge in [0.2, 0.25) is 0 Å². The fraction of sp³-hybridized carbons (Fsp3) is 0.261. The lowest BCUT2D eigenvalue weighted by Crippen LogP contribution is -2.54. The summed E-state index contributed by atoms with van der Waals surface area (Å²) < 4.78 is 12.2. The van der Waals surface area contributed by atoms with Crippen LogP contribution in [-0.4, -0.2) is 31.1 Å². The smallest absolute Gasteiger partial charge is 0.335 e. The molecule has 2 aromatic carbocycles. The first-order valence-electron chi connectivity index (χ1n) is 9.77. The van der Waals surface area contributed by atoms with Crippen LogP contribution in [0, 0.1) is 10.5 Å². The van der Waals surface area contributed by atoms with Crippen LogP contribution in [0.3, 0.4) is 0 Å². The number of carbonyl (C=O) groups excluding carboxylic acids is 3. The molecule has 1 heterocycles. The summed E-state index contributed by atoms with van der Waals surface area (Å²) in [4.78, 5) is 38.8. The van der Waals surface area contributed by atoms with E-state index in [2.05, 4.69) is 27.9 Å². The highest BCUT2D eigenvalue weighted by Crippen LogP contribution is 2.36. The number of barbiturate groups is 1. The van der Waals surface area contributed by atoms with Gasteiger partial charge in [-0.05, 0) is 78.8 Å². The van der Waals surface area contributed by atoms with Gasteiger partial charge in [-0.3, -0.25) is 14.9 Å². The van der Waals surface area contributed by atoms with Crippen molar-refractivity contribution in [3.8, 4) is 11.5 Å². The van der Waals surface area contributed by atoms with E-state index in [-0.39, 0.29) is 11.7 Å². The molecule has 7 nitrogen and oxygen atoms in total. The third-order valence-electron chi connectivity index (χ3n) is 4.85. The molecule has 1 aliphatic heterocycles. The van der Waals surface area contributed by atoms with Crippen LogP contribution in [0.15, 0.2) is 42.0 Å². The number of carbonyl (C=O) groups is 3. The zero-order valence-corrected chi connectivity index (χ0v) is 19.8. The molecular weight excluding hydrogens is 511 g/mol. The van der Waals surface area contributed by atoms with Gasteiger partial charge in [-0.2, -0.15) is 0 Å². The van der Waals surface area contributed by atoms with Gasteiger partial charge in [0.05, 0.1) is 22.5 Å². The summed E-state index contributed by atoms with van der Waals surface area (Å²) in [5.41, 5.74) is 1.81. The first-order chi connectivity index (χ1) is 14.7. The minimum absolute atomic E-state index is 0.00593. The molecule has 0 bridgehead atoms. The maximum absolute atomic E-state index is 13.0. The number of aryl methyl sites for hydroxylation is 1. The molecule has 4 amide bonds. The number of nitrogens with zero attached hydrogens (tertiary/aromatic N) is 1. The highest BCUT2D eigenvalue weighted by molar-refractivity contribution is 14.1. The Morgan fingerprint density at radius 3 is 2.45 bits per heavy atom. The lowest BCUT2D eigenvalue weighted by Gasteiger charge is -2.26. The second kappa shape index (κ2) is 9.51. The second-order valence-corrected chi connectivity index (χ2v) is 8.33. The van der Waals surface area contributed by atoms with E-state index >= 15 is 0 Å². The Morgan fingerprint density at radius 1 is 1.16 bits per heavy atom. The number of hydrogen-bond acceptors (Lipinski definition) is 5. The third-order valence-corrected chi connectivity index (χ3v) is 5.65. The molecule has 1 aliphatic rings. The zero-order valence-electron chi connectivity index (χ0n) is 17.7. The molecule has 1 atom stereocenters. The molecule has 1 N–H and O–H groups in total. The van der Waals surface area contributed by atoms with Crippen LogP contribution in [0.2, 0.25) is 0 Å². The van der Waals surface area contributed by atoms with Gasteiger partial charge in [0.25, 0.3) is 11.8 Å². The number of halogens is 1. The van der Waals surface area contributed by atoms with Crippen molar-refractivity contribution in [2.24, 2.45) is 0 Å². The van der Waals surface area contributed by atoms with Gasteiger partial charge in [0.15, 0.2) is 11.5 Å². The summed E-state index contributed by atoms with van der Waals surface area (Å²) >= 11 is 2.12. The van der Waals surface area contributed by atoms with Crippen LogP contribution in [0.25, 0.3) is 6.08 Å². The van der Waals surface area contributed by atoms with Crippen LogP contribution in [0.1, 0.15) is 31.4 Å². The van der Waals surface area contributed by atoms with Crippen molar-refractivity contribution in [3.05, 3.63) is 56.7 Å². The zero-order chi connectivity index (χ0) is 22.7. The maximum atomic E-state index is 13.0. The van der Waals surface area contributed by atoms with E-state index in [0.29, 0.717) is 22.7 Å². The van der Waals surface area contributed by atoms with E-state index in [1.54, 1.807) is 36.4 Å². The number of hydrogen-bond donors (Lipinski definition) is 1. The van der Waals surface area contributed by atoms with Gasteiger partial charge >= 0.3 is 6.03 Å². The van der Waals surface area contributed by atoms with E-state index in [9.17, 15) is 14.4 Å². The number of rotatable bonds is 6. The second-order valence-electron chi connectivity index (χ2n) is 7.16. The Kier molecular flexibility index (Phi) is 6.99. The minimum atomic E-state index is -0.777. The van der Waals surface area contributed by atoms with Crippen LogP contribution in [0.4, 0.5) is 10.5 Å². The molecule has 0 saturated carbocycles. The molecule has 8 heteroatoms. The van der Waals surface area contributed by atoms with Crippen LogP contribution < -0.4 is 19.7 Å². The molecule has 0 radical (unpaired) electrons. The molecule has 3 rings (SSSR count). The SMILES string of the molecule is CC[C@H](C)Oc1c(I)cc(/C=C2\C(=O)NC(=O)N(c3ccc(C)cc3)C2=O)cc1OC. The number of urea groups is 1. The van der Waals surface area contributed by atoms with Crippen LogP contribution >= 0.6 is 22.6 Å². The topological polar surface area (TPSA) is 84.9 Å². The minimum Gasteiger partial charge on any atom is -0.493 e. The number of nitrogens with one attached hydrogen (secondary N) is 1. The van der Waals surface area contributed by atoms with E-state index in [1.807, 2.05) is 20.8 Å². The van der Waals surface area contributed by atoms with Crippen LogP contribution in [-0.2, 0) is 9.59 Å².